The molecular weight excluding hydrogens is 186 g/mol. The van der Waals surface area contributed by atoms with Crippen molar-refractivity contribution < 1.29 is 4.84 Å². The molecule has 15 heavy (non-hydrogen) atoms. The molecule has 0 amide bonds. The van der Waals surface area contributed by atoms with Crippen molar-refractivity contribution in [1.29, 1.82) is 0 Å². The first-order chi connectivity index (χ1) is 7.38. The van der Waals surface area contributed by atoms with Crippen molar-refractivity contribution in [2.24, 2.45) is 5.90 Å². The van der Waals surface area contributed by atoms with Gasteiger partial charge in [0.1, 0.15) is 5.75 Å². The Morgan fingerprint density at radius 3 is 2.00 bits per heavy atom. The maximum atomic E-state index is 5.05. The molecule has 76 valence electrons. The number of nitrogens with two attached hydrogens (primary N) is 1. The summed E-state index contributed by atoms with van der Waals surface area (Å²) in [4.78, 5) is 4.62. The summed E-state index contributed by atoms with van der Waals surface area (Å²) < 4.78 is 0. The second kappa shape index (κ2) is 4.62. The van der Waals surface area contributed by atoms with E-state index in [4.69, 9.17) is 5.90 Å². The third-order valence-electron chi connectivity index (χ3n) is 2.31. The van der Waals surface area contributed by atoms with Gasteiger partial charge in [-0.2, -0.15) is 5.90 Å². The molecule has 0 aliphatic rings. The molecule has 0 aliphatic heterocycles. The first kappa shape index (κ1) is 9.74. The van der Waals surface area contributed by atoms with E-state index in [9.17, 15) is 0 Å². The zero-order chi connectivity index (χ0) is 10.5. The summed E-state index contributed by atoms with van der Waals surface area (Å²) >= 11 is 0. The molecule has 2 rings (SSSR count). The van der Waals surface area contributed by atoms with Crippen LogP contribution in [0.3, 0.4) is 0 Å². The smallest absolute Gasteiger partial charge is 0.146 e. The monoisotopic (exact) mass is 199 g/mol. The molecule has 0 saturated carbocycles. The van der Waals surface area contributed by atoms with Gasteiger partial charge in [0.25, 0.3) is 0 Å². The highest BCUT2D eigenvalue weighted by molar-refractivity contribution is 5.31. The van der Waals surface area contributed by atoms with E-state index in [-0.39, 0.29) is 0 Å². The first-order valence-electron chi connectivity index (χ1n) is 4.88. The number of rotatable bonds is 3. The molecule has 0 unspecified atom stereocenters. The van der Waals surface area contributed by atoms with E-state index in [1.165, 1.54) is 11.1 Å². The zero-order valence-electron chi connectivity index (χ0n) is 8.39. The lowest BCUT2D eigenvalue weighted by Crippen LogP contribution is -2.01. The minimum atomic E-state index is 0.687. The largest absolute Gasteiger partial charge is 0.412 e. The maximum Gasteiger partial charge on any atom is 0.146 e. The lowest BCUT2D eigenvalue weighted by atomic mass is 10.1. The summed E-state index contributed by atoms with van der Waals surface area (Å²) in [6.45, 7) is 0. The molecule has 0 spiro atoms. The summed E-state index contributed by atoms with van der Waals surface area (Å²) in [6.07, 6.45) is 0.936. The highest BCUT2D eigenvalue weighted by Gasteiger charge is 1.96. The Kier molecular flexibility index (Phi) is 3.00. The lowest BCUT2D eigenvalue weighted by molar-refractivity contribution is 0.334. The first-order valence-corrected chi connectivity index (χ1v) is 4.88. The van der Waals surface area contributed by atoms with Crippen LogP contribution in [0.5, 0.6) is 5.75 Å². The summed E-state index contributed by atoms with van der Waals surface area (Å²) in [5.41, 5.74) is 2.56. The maximum absolute atomic E-state index is 5.05. The molecule has 0 fully saturated rings. The predicted molar refractivity (Wildman–Crippen MR) is 60.5 cm³/mol. The van der Waals surface area contributed by atoms with E-state index in [0.717, 1.165) is 6.42 Å². The van der Waals surface area contributed by atoms with Crippen molar-refractivity contribution in [2.75, 3.05) is 0 Å². The van der Waals surface area contributed by atoms with E-state index in [1.807, 2.05) is 42.5 Å². The molecule has 0 aromatic heterocycles. The number of benzene rings is 2. The van der Waals surface area contributed by atoms with Crippen LogP contribution >= 0.6 is 0 Å². The molecule has 0 atom stereocenters. The second-order valence-corrected chi connectivity index (χ2v) is 3.42. The van der Waals surface area contributed by atoms with Crippen LogP contribution in [0, 0.1) is 0 Å². The SMILES string of the molecule is NOc1ccc(Cc2ccccc2)cc1. The highest BCUT2D eigenvalue weighted by Crippen LogP contribution is 2.13. The van der Waals surface area contributed by atoms with Crippen molar-refractivity contribution in [3.05, 3.63) is 65.7 Å². The van der Waals surface area contributed by atoms with E-state index in [1.54, 1.807) is 0 Å². The molecule has 2 N–H and O–H groups in total. The van der Waals surface area contributed by atoms with Gasteiger partial charge in [-0.05, 0) is 29.7 Å². The second-order valence-electron chi connectivity index (χ2n) is 3.42. The van der Waals surface area contributed by atoms with Crippen LogP contribution in [0.2, 0.25) is 0 Å². The van der Waals surface area contributed by atoms with Gasteiger partial charge in [-0.1, -0.05) is 42.5 Å². The van der Waals surface area contributed by atoms with Crippen LogP contribution in [-0.4, -0.2) is 0 Å². The Morgan fingerprint density at radius 1 is 0.800 bits per heavy atom. The molecule has 0 bridgehead atoms. The van der Waals surface area contributed by atoms with Crippen LogP contribution in [0.1, 0.15) is 11.1 Å². The molecular formula is C13H13NO. The van der Waals surface area contributed by atoms with Crippen LogP contribution in [0.15, 0.2) is 54.6 Å². The fourth-order valence-electron chi connectivity index (χ4n) is 1.52. The Balaban J connectivity index is 2.11. The summed E-state index contributed by atoms with van der Waals surface area (Å²) in [6, 6.07) is 18.1. The zero-order valence-corrected chi connectivity index (χ0v) is 8.39. The Morgan fingerprint density at radius 2 is 1.40 bits per heavy atom. The quantitative estimate of drug-likeness (QED) is 0.771. The Hall–Kier alpha value is -1.80. The Bertz CT molecular complexity index is 408. The average molecular weight is 199 g/mol. The van der Waals surface area contributed by atoms with Gasteiger partial charge in [0.05, 0.1) is 0 Å². The standard InChI is InChI=1S/C13H13NO/c14-15-13-8-6-12(7-9-13)10-11-4-2-1-3-5-11/h1-9H,10,14H2. The van der Waals surface area contributed by atoms with Gasteiger partial charge in [-0.15, -0.1) is 0 Å². The summed E-state index contributed by atoms with van der Waals surface area (Å²) in [5.74, 6) is 5.74. The van der Waals surface area contributed by atoms with Crippen LogP contribution in [0.25, 0.3) is 0 Å². The van der Waals surface area contributed by atoms with E-state index < -0.39 is 0 Å². The molecule has 0 aliphatic carbocycles. The highest BCUT2D eigenvalue weighted by atomic mass is 16.6. The molecule has 0 radical (unpaired) electrons. The fraction of sp³-hybridized carbons (Fsp3) is 0.0769. The average Bonchev–Trinajstić information content (AvgIpc) is 2.31. The topological polar surface area (TPSA) is 35.2 Å². The van der Waals surface area contributed by atoms with Crippen LogP contribution in [-0.2, 0) is 6.42 Å². The van der Waals surface area contributed by atoms with Gasteiger partial charge >= 0.3 is 0 Å². The van der Waals surface area contributed by atoms with Crippen molar-refractivity contribution in [3.8, 4) is 5.75 Å². The Labute approximate surface area is 89.3 Å². The molecule has 2 aromatic rings. The van der Waals surface area contributed by atoms with E-state index in [0.29, 0.717) is 5.75 Å². The van der Waals surface area contributed by atoms with Crippen molar-refractivity contribution in [1.82, 2.24) is 0 Å². The predicted octanol–water partition coefficient (Wildman–Crippen LogP) is 2.53. The van der Waals surface area contributed by atoms with Gasteiger partial charge in [-0.3, -0.25) is 0 Å². The van der Waals surface area contributed by atoms with Gasteiger partial charge in [0.2, 0.25) is 0 Å². The minimum absolute atomic E-state index is 0.687. The van der Waals surface area contributed by atoms with Gasteiger partial charge in [-0.25, -0.2) is 0 Å². The fourth-order valence-corrected chi connectivity index (χ4v) is 1.52. The minimum Gasteiger partial charge on any atom is -0.412 e. The van der Waals surface area contributed by atoms with Crippen LogP contribution < -0.4 is 10.7 Å². The normalized spacial score (nSPS) is 9.93. The molecule has 2 aromatic carbocycles. The van der Waals surface area contributed by atoms with Crippen molar-refractivity contribution >= 4 is 0 Å². The van der Waals surface area contributed by atoms with Gasteiger partial charge < -0.3 is 4.84 Å². The van der Waals surface area contributed by atoms with Gasteiger partial charge in [0, 0.05) is 0 Å². The van der Waals surface area contributed by atoms with Crippen LogP contribution in [0.4, 0.5) is 0 Å². The molecule has 0 saturated heterocycles. The van der Waals surface area contributed by atoms with Crippen molar-refractivity contribution in [2.45, 2.75) is 6.42 Å². The van der Waals surface area contributed by atoms with Crippen molar-refractivity contribution in [3.63, 3.8) is 0 Å². The third kappa shape index (κ3) is 2.58. The van der Waals surface area contributed by atoms with E-state index in [2.05, 4.69) is 17.0 Å². The van der Waals surface area contributed by atoms with E-state index >= 15 is 0 Å². The van der Waals surface area contributed by atoms with Gasteiger partial charge in [0.15, 0.2) is 0 Å². The number of hydrogen-bond acceptors (Lipinski definition) is 2. The molecule has 2 heteroatoms. The molecule has 0 heterocycles. The summed E-state index contributed by atoms with van der Waals surface area (Å²) in [5, 5.41) is 0. The summed E-state index contributed by atoms with van der Waals surface area (Å²) in [7, 11) is 0. The lowest BCUT2D eigenvalue weighted by Gasteiger charge is -2.02. The third-order valence-corrected chi connectivity index (χ3v) is 2.31. The molecule has 2 nitrogen and oxygen atoms in total. The number of hydrogen-bond donors (Lipinski definition) is 1.